The molecule has 0 amide bonds. The zero-order valence-corrected chi connectivity index (χ0v) is 8.61. The minimum atomic E-state index is -0.426. The molecular weight excluding hydrogens is 192 g/mol. The van der Waals surface area contributed by atoms with Gasteiger partial charge in [0.1, 0.15) is 0 Å². The fourth-order valence-electron chi connectivity index (χ4n) is 2.33. The van der Waals surface area contributed by atoms with E-state index in [1.54, 1.807) is 0 Å². The highest BCUT2D eigenvalue weighted by atomic mass is 16.3. The summed E-state index contributed by atoms with van der Waals surface area (Å²) in [5, 5.41) is 27.9. The number of hydrogen-bond donors (Lipinski definition) is 3. The molecule has 1 aliphatic carbocycles. The van der Waals surface area contributed by atoms with E-state index in [0.29, 0.717) is 5.92 Å². The van der Waals surface area contributed by atoms with E-state index in [-0.39, 0.29) is 11.5 Å². The first-order chi connectivity index (χ1) is 7.16. The normalized spacial score (nSPS) is 17.1. The average molecular weight is 208 g/mol. The van der Waals surface area contributed by atoms with Crippen molar-refractivity contribution in [2.45, 2.75) is 32.1 Å². The highest BCUT2D eigenvalue weighted by Crippen LogP contribution is 2.37. The van der Waals surface area contributed by atoms with Crippen molar-refractivity contribution in [2.24, 2.45) is 5.92 Å². The Labute approximate surface area is 89.0 Å². The molecule has 1 fully saturated rings. The third-order valence-corrected chi connectivity index (χ3v) is 3.13. The van der Waals surface area contributed by atoms with Gasteiger partial charge in [0.15, 0.2) is 17.2 Å². The zero-order chi connectivity index (χ0) is 10.8. The summed E-state index contributed by atoms with van der Waals surface area (Å²) in [4.78, 5) is 0. The van der Waals surface area contributed by atoms with Crippen LogP contribution in [-0.4, -0.2) is 15.3 Å². The molecule has 1 saturated carbocycles. The number of hydrogen-bond acceptors (Lipinski definition) is 3. The lowest BCUT2D eigenvalue weighted by molar-refractivity contribution is 0.366. The molecule has 0 unspecified atom stereocenters. The van der Waals surface area contributed by atoms with Crippen molar-refractivity contribution >= 4 is 0 Å². The summed E-state index contributed by atoms with van der Waals surface area (Å²) in [6.45, 7) is 0. The van der Waals surface area contributed by atoms with Gasteiger partial charge in [-0.3, -0.25) is 0 Å². The van der Waals surface area contributed by atoms with Crippen molar-refractivity contribution in [3.05, 3.63) is 17.7 Å². The lowest BCUT2D eigenvalue weighted by Crippen LogP contribution is -1.98. The SMILES string of the molecule is Oc1cc(CC2CCCC2)cc(O)c1O. The molecule has 82 valence electrons. The van der Waals surface area contributed by atoms with Gasteiger partial charge < -0.3 is 15.3 Å². The molecule has 0 radical (unpaired) electrons. The van der Waals surface area contributed by atoms with Gasteiger partial charge in [-0.15, -0.1) is 0 Å². The van der Waals surface area contributed by atoms with E-state index in [1.165, 1.54) is 37.8 Å². The van der Waals surface area contributed by atoms with Gasteiger partial charge in [-0.2, -0.15) is 0 Å². The molecule has 0 atom stereocenters. The minimum absolute atomic E-state index is 0.233. The zero-order valence-electron chi connectivity index (χ0n) is 8.61. The van der Waals surface area contributed by atoms with Gasteiger partial charge in [-0.1, -0.05) is 25.7 Å². The quantitative estimate of drug-likeness (QED) is 0.654. The van der Waals surface area contributed by atoms with Crippen LogP contribution >= 0.6 is 0 Å². The van der Waals surface area contributed by atoms with Crippen LogP contribution in [-0.2, 0) is 6.42 Å². The third-order valence-electron chi connectivity index (χ3n) is 3.13. The molecule has 1 aliphatic rings. The van der Waals surface area contributed by atoms with Crippen LogP contribution in [0.4, 0.5) is 0 Å². The van der Waals surface area contributed by atoms with Crippen molar-refractivity contribution in [3.63, 3.8) is 0 Å². The lowest BCUT2D eigenvalue weighted by Gasteiger charge is -2.10. The third kappa shape index (κ3) is 2.17. The summed E-state index contributed by atoms with van der Waals surface area (Å²) < 4.78 is 0. The fraction of sp³-hybridized carbons (Fsp3) is 0.500. The first kappa shape index (κ1) is 10.1. The molecule has 1 aromatic rings. The van der Waals surface area contributed by atoms with E-state index in [9.17, 15) is 15.3 Å². The summed E-state index contributed by atoms with van der Waals surface area (Å²) >= 11 is 0. The van der Waals surface area contributed by atoms with Crippen molar-refractivity contribution in [1.82, 2.24) is 0 Å². The molecule has 0 aliphatic heterocycles. The van der Waals surface area contributed by atoms with E-state index in [0.717, 1.165) is 12.0 Å². The number of rotatable bonds is 2. The first-order valence-corrected chi connectivity index (χ1v) is 5.40. The molecule has 0 spiro atoms. The van der Waals surface area contributed by atoms with Gasteiger partial charge >= 0.3 is 0 Å². The summed E-state index contributed by atoms with van der Waals surface area (Å²) in [5.41, 5.74) is 0.898. The van der Waals surface area contributed by atoms with Crippen LogP contribution in [0.2, 0.25) is 0 Å². The topological polar surface area (TPSA) is 60.7 Å². The standard InChI is InChI=1S/C12H16O3/c13-10-6-9(7-11(14)12(10)15)5-8-3-1-2-4-8/h6-8,13-15H,1-5H2. The van der Waals surface area contributed by atoms with Gasteiger partial charge in [0.25, 0.3) is 0 Å². The van der Waals surface area contributed by atoms with Gasteiger partial charge in [0.05, 0.1) is 0 Å². The Morgan fingerprint density at radius 2 is 1.53 bits per heavy atom. The van der Waals surface area contributed by atoms with Crippen LogP contribution in [0.5, 0.6) is 17.2 Å². The maximum atomic E-state index is 9.34. The van der Waals surface area contributed by atoms with E-state index < -0.39 is 5.75 Å². The number of phenols is 3. The average Bonchev–Trinajstić information content (AvgIpc) is 2.66. The molecule has 15 heavy (non-hydrogen) atoms. The van der Waals surface area contributed by atoms with Crippen molar-refractivity contribution in [2.75, 3.05) is 0 Å². The predicted octanol–water partition coefficient (Wildman–Crippen LogP) is 2.54. The smallest absolute Gasteiger partial charge is 0.200 e. The molecule has 3 nitrogen and oxygen atoms in total. The maximum Gasteiger partial charge on any atom is 0.200 e. The molecule has 0 bridgehead atoms. The molecule has 0 saturated heterocycles. The highest BCUT2D eigenvalue weighted by Gasteiger charge is 2.17. The first-order valence-electron chi connectivity index (χ1n) is 5.40. The van der Waals surface area contributed by atoms with Gasteiger partial charge in [0.2, 0.25) is 0 Å². The molecule has 0 heterocycles. The molecular formula is C12H16O3. The van der Waals surface area contributed by atoms with E-state index >= 15 is 0 Å². The summed E-state index contributed by atoms with van der Waals surface area (Å²) in [5.74, 6) is -0.232. The summed E-state index contributed by atoms with van der Waals surface area (Å²) in [7, 11) is 0. The van der Waals surface area contributed by atoms with Crippen molar-refractivity contribution < 1.29 is 15.3 Å². The largest absolute Gasteiger partial charge is 0.504 e. The van der Waals surface area contributed by atoms with Gasteiger partial charge in [-0.25, -0.2) is 0 Å². The van der Waals surface area contributed by atoms with Crippen LogP contribution in [0, 0.1) is 5.92 Å². The van der Waals surface area contributed by atoms with Crippen LogP contribution < -0.4 is 0 Å². The van der Waals surface area contributed by atoms with Crippen LogP contribution in [0.1, 0.15) is 31.2 Å². The maximum absolute atomic E-state index is 9.34. The summed E-state index contributed by atoms with van der Waals surface area (Å²) in [6, 6.07) is 3.07. The summed E-state index contributed by atoms with van der Waals surface area (Å²) in [6.07, 6.45) is 5.88. The minimum Gasteiger partial charge on any atom is -0.504 e. The Balaban J connectivity index is 2.14. The predicted molar refractivity (Wildman–Crippen MR) is 57.1 cm³/mol. The Morgan fingerprint density at radius 1 is 1.00 bits per heavy atom. The van der Waals surface area contributed by atoms with E-state index in [2.05, 4.69) is 0 Å². The molecule has 0 aromatic heterocycles. The van der Waals surface area contributed by atoms with E-state index in [1.807, 2.05) is 0 Å². The Hall–Kier alpha value is -1.38. The highest BCUT2D eigenvalue weighted by molar-refractivity contribution is 5.51. The molecule has 2 rings (SSSR count). The monoisotopic (exact) mass is 208 g/mol. The molecule has 3 heteroatoms. The number of phenolic OH excluding ortho intramolecular Hbond substituents is 3. The van der Waals surface area contributed by atoms with E-state index in [4.69, 9.17) is 0 Å². The Morgan fingerprint density at radius 3 is 2.07 bits per heavy atom. The fourth-order valence-corrected chi connectivity index (χ4v) is 2.33. The second-order valence-corrected chi connectivity index (χ2v) is 4.34. The second kappa shape index (κ2) is 4.01. The molecule has 1 aromatic carbocycles. The van der Waals surface area contributed by atoms with Crippen LogP contribution in [0.3, 0.4) is 0 Å². The van der Waals surface area contributed by atoms with Crippen molar-refractivity contribution in [1.29, 1.82) is 0 Å². The lowest BCUT2D eigenvalue weighted by atomic mass is 9.97. The Kier molecular flexibility index (Phi) is 2.71. The second-order valence-electron chi connectivity index (χ2n) is 4.34. The van der Waals surface area contributed by atoms with Gasteiger partial charge in [-0.05, 0) is 30.0 Å². The van der Waals surface area contributed by atoms with Crippen molar-refractivity contribution in [3.8, 4) is 17.2 Å². The molecule has 3 N–H and O–H groups in total. The number of aromatic hydroxyl groups is 3. The van der Waals surface area contributed by atoms with Gasteiger partial charge in [0, 0.05) is 0 Å². The number of benzene rings is 1. The van der Waals surface area contributed by atoms with Crippen LogP contribution in [0.15, 0.2) is 12.1 Å². The van der Waals surface area contributed by atoms with Crippen LogP contribution in [0.25, 0.3) is 0 Å². The Bertz CT molecular complexity index is 331.